The number of furan rings is 1. The van der Waals surface area contributed by atoms with Crippen LogP contribution in [0.4, 0.5) is 10.1 Å². The van der Waals surface area contributed by atoms with Crippen molar-refractivity contribution in [1.29, 1.82) is 0 Å². The second-order valence-electron chi connectivity index (χ2n) is 11.2. The minimum Gasteiger partial charge on any atom is -0.455 e. The summed E-state index contributed by atoms with van der Waals surface area (Å²) < 4.78 is 49.7. The molecule has 0 aliphatic rings. The molecule has 0 atom stereocenters. The van der Waals surface area contributed by atoms with Gasteiger partial charge in [-0.05, 0) is 55.8 Å². The smallest absolute Gasteiger partial charge is 0.255 e. The molecule has 3 aromatic carbocycles. The van der Waals surface area contributed by atoms with Crippen LogP contribution >= 0.6 is 0 Å². The number of sulfonamides is 1. The van der Waals surface area contributed by atoms with Gasteiger partial charge in [-0.15, -0.1) is 0 Å². The highest BCUT2D eigenvalue weighted by molar-refractivity contribution is 7.92. The lowest BCUT2D eigenvalue weighted by molar-refractivity contribution is 0.0964. The topological polar surface area (TPSA) is 110 Å². The Morgan fingerprint density at radius 1 is 0.978 bits per heavy atom. The number of aryl methyl sites for hydroxylation is 2. The van der Waals surface area contributed by atoms with Crippen LogP contribution < -0.4 is 9.62 Å². The van der Waals surface area contributed by atoms with Crippen LogP contribution in [-0.2, 0) is 10.0 Å². The summed E-state index contributed by atoms with van der Waals surface area (Å²) in [7, 11) is -0.712. The highest BCUT2D eigenvalue weighted by atomic mass is 32.2. The summed E-state index contributed by atoms with van der Waals surface area (Å²) in [6.45, 7) is 3.93. The Hall–Kier alpha value is -5.29. The van der Waals surface area contributed by atoms with E-state index in [0.717, 1.165) is 27.3 Å². The van der Waals surface area contributed by atoms with E-state index in [-0.39, 0.29) is 11.7 Å². The number of carbonyl (C=O) groups excluding carboxylic acids is 1. The number of fused-ring (bicyclic) bond motifs is 6. The average Bonchev–Trinajstić information content (AvgIpc) is 3.58. The van der Waals surface area contributed by atoms with E-state index >= 15 is 0 Å². The van der Waals surface area contributed by atoms with Gasteiger partial charge in [-0.25, -0.2) is 22.8 Å². The van der Waals surface area contributed by atoms with Gasteiger partial charge in [-0.1, -0.05) is 29.8 Å². The number of carbonyl (C=O) groups is 1. The number of rotatable bonds is 5. The Balaban J connectivity index is 1.55. The van der Waals surface area contributed by atoms with Crippen LogP contribution in [-0.4, -0.2) is 49.0 Å². The molecule has 4 heterocycles. The van der Waals surface area contributed by atoms with Gasteiger partial charge in [0.2, 0.25) is 10.0 Å². The number of hydrogen-bond donors (Lipinski definition) is 1. The van der Waals surface area contributed by atoms with Crippen LogP contribution in [0.25, 0.3) is 61.0 Å². The summed E-state index contributed by atoms with van der Waals surface area (Å²) in [5.41, 5.74) is 7.01. The molecule has 1 N–H and O–H groups in total. The van der Waals surface area contributed by atoms with Crippen LogP contribution in [0, 0.1) is 19.7 Å². The van der Waals surface area contributed by atoms with E-state index in [2.05, 4.69) is 10.3 Å². The summed E-state index contributed by atoms with van der Waals surface area (Å²) in [5, 5.41) is 3.65. The summed E-state index contributed by atoms with van der Waals surface area (Å²) in [6.07, 6.45) is 2.74. The van der Waals surface area contributed by atoms with E-state index in [4.69, 9.17) is 9.40 Å². The Bertz CT molecular complexity index is 2480. The summed E-state index contributed by atoms with van der Waals surface area (Å²) in [5.74, 6) is -0.325. The number of amides is 1. The fraction of sp³-hybridized carbons (Fsp3) is 0.147. The van der Waals surface area contributed by atoms with E-state index in [0.29, 0.717) is 66.7 Å². The summed E-state index contributed by atoms with van der Waals surface area (Å²) in [4.78, 5) is 22.9. The summed E-state index contributed by atoms with van der Waals surface area (Å²) in [6, 6.07) is 19.3. The fourth-order valence-corrected chi connectivity index (χ4v) is 6.43. The van der Waals surface area contributed by atoms with Gasteiger partial charge in [0.25, 0.3) is 5.91 Å². The third-order valence-electron chi connectivity index (χ3n) is 8.26. The Labute approximate surface area is 258 Å². The number of aromatic nitrogens is 3. The fourth-order valence-electron chi connectivity index (χ4n) is 5.92. The Kier molecular flexibility index (Phi) is 6.41. The second-order valence-corrected chi connectivity index (χ2v) is 13.2. The minimum atomic E-state index is -3.72. The molecule has 7 rings (SSSR count). The van der Waals surface area contributed by atoms with Gasteiger partial charge in [-0.2, -0.15) is 0 Å². The normalized spacial score (nSPS) is 12.0. The number of halogens is 1. The molecule has 0 fully saturated rings. The van der Waals surface area contributed by atoms with Gasteiger partial charge in [0.1, 0.15) is 29.0 Å². The van der Waals surface area contributed by atoms with E-state index in [1.807, 2.05) is 38.1 Å². The zero-order valence-electron chi connectivity index (χ0n) is 25.1. The number of nitrogens with one attached hydrogen (secondary N) is 1. The van der Waals surface area contributed by atoms with Gasteiger partial charge >= 0.3 is 0 Å². The van der Waals surface area contributed by atoms with Crippen molar-refractivity contribution >= 4 is 60.0 Å². The predicted octanol–water partition coefficient (Wildman–Crippen LogP) is 6.63. The lowest BCUT2D eigenvalue weighted by Gasteiger charge is -2.20. The van der Waals surface area contributed by atoms with Crippen LogP contribution in [0.5, 0.6) is 0 Å². The molecule has 9 nitrogen and oxygen atoms in total. The molecule has 11 heteroatoms. The first-order chi connectivity index (χ1) is 21.5. The van der Waals surface area contributed by atoms with E-state index in [1.165, 1.54) is 13.1 Å². The van der Waals surface area contributed by atoms with Crippen LogP contribution in [0.15, 0.2) is 77.5 Å². The van der Waals surface area contributed by atoms with Crippen LogP contribution in [0.2, 0.25) is 0 Å². The van der Waals surface area contributed by atoms with Crippen molar-refractivity contribution in [2.45, 2.75) is 13.8 Å². The molecule has 0 aliphatic heterocycles. The predicted molar refractivity (Wildman–Crippen MR) is 175 cm³/mol. The molecule has 0 saturated carbocycles. The number of nitrogens with zero attached hydrogens (tertiary/aromatic N) is 4. The van der Waals surface area contributed by atoms with E-state index in [1.54, 1.807) is 54.2 Å². The standard InChI is InChI=1S/C34H28FN5O4S/c1-18-9-10-20(19(2)13-18)33-31(34(41)36-3)23-14-22(28(16-30(23)44-33)39(4)45(5,42)43)25-11-12-26-32(38-25)29-15-21-24(35)7-6-8-27(21)40(29)17-37-26/h6-17H,1-5H3,(H,36,41). The van der Waals surface area contributed by atoms with Crippen molar-refractivity contribution in [3.05, 3.63) is 95.6 Å². The Morgan fingerprint density at radius 3 is 2.51 bits per heavy atom. The van der Waals surface area contributed by atoms with Crippen molar-refractivity contribution in [1.82, 2.24) is 19.7 Å². The van der Waals surface area contributed by atoms with Gasteiger partial charge in [0, 0.05) is 42.1 Å². The molecule has 4 aromatic heterocycles. The molecule has 226 valence electrons. The number of pyridine rings is 1. The molecule has 0 bridgehead atoms. The molecule has 7 aromatic rings. The first kappa shape index (κ1) is 28.5. The third-order valence-corrected chi connectivity index (χ3v) is 9.45. The van der Waals surface area contributed by atoms with Crippen molar-refractivity contribution in [3.8, 4) is 22.6 Å². The molecular formula is C34H28FN5O4S. The van der Waals surface area contributed by atoms with Gasteiger partial charge < -0.3 is 9.73 Å². The van der Waals surface area contributed by atoms with Gasteiger partial charge in [-0.3, -0.25) is 13.5 Å². The number of hydrogen-bond acceptors (Lipinski definition) is 6. The zero-order valence-corrected chi connectivity index (χ0v) is 26.0. The molecule has 0 aliphatic carbocycles. The first-order valence-electron chi connectivity index (χ1n) is 14.2. The summed E-state index contributed by atoms with van der Waals surface area (Å²) >= 11 is 0. The quantitative estimate of drug-likeness (QED) is 0.231. The lowest BCUT2D eigenvalue weighted by Crippen LogP contribution is -2.25. The van der Waals surface area contributed by atoms with Crippen molar-refractivity contribution < 1.29 is 22.0 Å². The second kappa shape index (κ2) is 10.1. The first-order valence-corrected chi connectivity index (χ1v) is 16.0. The third kappa shape index (κ3) is 4.50. The molecular weight excluding hydrogens is 593 g/mol. The van der Waals surface area contributed by atoms with Crippen molar-refractivity contribution in [2.75, 3.05) is 24.7 Å². The van der Waals surface area contributed by atoms with Gasteiger partial charge in [0.05, 0.1) is 39.8 Å². The SMILES string of the molecule is CNC(=O)c1c(-c2ccc(C)cc2C)oc2cc(N(C)S(C)(=O)=O)c(-c3ccc4ncn5c6cccc(F)c6cc5c4n3)cc12. The molecule has 0 spiro atoms. The molecule has 0 unspecified atom stereocenters. The molecule has 0 saturated heterocycles. The molecule has 0 radical (unpaired) electrons. The molecule has 1 amide bonds. The molecule has 45 heavy (non-hydrogen) atoms. The lowest BCUT2D eigenvalue weighted by atomic mass is 9.98. The number of anilines is 1. The van der Waals surface area contributed by atoms with Crippen molar-refractivity contribution in [2.24, 2.45) is 0 Å². The maximum Gasteiger partial charge on any atom is 0.255 e. The highest BCUT2D eigenvalue weighted by Gasteiger charge is 2.27. The maximum absolute atomic E-state index is 14.7. The minimum absolute atomic E-state index is 0.313. The average molecular weight is 622 g/mol. The monoisotopic (exact) mass is 621 g/mol. The van der Waals surface area contributed by atoms with E-state index in [9.17, 15) is 17.6 Å². The van der Waals surface area contributed by atoms with Crippen LogP contribution in [0.1, 0.15) is 21.5 Å². The van der Waals surface area contributed by atoms with Crippen LogP contribution in [0.3, 0.4) is 0 Å². The zero-order chi connectivity index (χ0) is 31.8. The Morgan fingerprint density at radius 2 is 1.78 bits per heavy atom. The highest BCUT2D eigenvalue weighted by Crippen LogP contribution is 2.42. The maximum atomic E-state index is 14.7. The largest absolute Gasteiger partial charge is 0.455 e. The number of benzene rings is 3. The van der Waals surface area contributed by atoms with E-state index < -0.39 is 10.0 Å². The van der Waals surface area contributed by atoms with Gasteiger partial charge in [0.15, 0.2) is 0 Å². The van der Waals surface area contributed by atoms with Crippen molar-refractivity contribution in [3.63, 3.8) is 0 Å².